The van der Waals surface area contributed by atoms with E-state index in [2.05, 4.69) is 60.2 Å². The summed E-state index contributed by atoms with van der Waals surface area (Å²) in [6.07, 6.45) is 10.7. The molecule has 0 saturated carbocycles. The van der Waals surface area contributed by atoms with Crippen LogP contribution in [-0.2, 0) is 0 Å². The molecule has 0 aliphatic carbocycles. The minimum atomic E-state index is 0.641. The number of aromatic amines is 2. The molecule has 1 aromatic carbocycles. The lowest BCUT2D eigenvalue weighted by molar-refractivity contribution is 0.414. The number of rotatable bonds is 4. The van der Waals surface area contributed by atoms with Gasteiger partial charge in [-0.25, -0.2) is 0 Å². The summed E-state index contributed by atoms with van der Waals surface area (Å²) >= 11 is 1.88. The molecule has 2 unspecified atom stereocenters. The van der Waals surface area contributed by atoms with E-state index < -0.39 is 0 Å². The number of benzene rings is 1. The summed E-state index contributed by atoms with van der Waals surface area (Å²) in [6.45, 7) is 0. The fourth-order valence-electron chi connectivity index (χ4n) is 4.70. The molecule has 0 amide bonds. The highest BCUT2D eigenvalue weighted by atomic mass is 32.2. The van der Waals surface area contributed by atoms with Gasteiger partial charge in [0.2, 0.25) is 0 Å². The second-order valence-electron chi connectivity index (χ2n) is 7.91. The molecule has 2 aliphatic rings. The molecule has 2 bridgehead atoms. The van der Waals surface area contributed by atoms with Crippen molar-refractivity contribution in [1.82, 2.24) is 35.9 Å². The minimum Gasteiger partial charge on any atom is -0.311 e. The average Bonchev–Trinajstić information content (AvgIpc) is 3.49. The molecule has 146 valence electrons. The molecule has 0 spiro atoms. The fraction of sp³-hybridized carbons (Fsp3) is 0.333. The maximum atomic E-state index is 4.54. The summed E-state index contributed by atoms with van der Waals surface area (Å²) in [4.78, 5) is 0. The Kier molecular flexibility index (Phi) is 4.12. The van der Waals surface area contributed by atoms with Crippen molar-refractivity contribution in [3.8, 4) is 22.4 Å². The van der Waals surface area contributed by atoms with E-state index in [4.69, 9.17) is 0 Å². The van der Waals surface area contributed by atoms with Crippen molar-refractivity contribution in [2.45, 2.75) is 48.0 Å². The molecule has 2 fully saturated rings. The van der Waals surface area contributed by atoms with Crippen molar-refractivity contribution in [2.24, 2.45) is 0 Å². The van der Waals surface area contributed by atoms with E-state index in [-0.39, 0.29) is 0 Å². The van der Waals surface area contributed by atoms with Gasteiger partial charge >= 0.3 is 0 Å². The van der Waals surface area contributed by atoms with Crippen LogP contribution < -0.4 is 5.32 Å². The summed E-state index contributed by atoms with van der Waals surface area (Å²) in [6, 6.07) is 9.72. The third kappa shape index (κ3) is 3.12. The molecule has 2 aliphatic heterocycles. The maximum Gasteiger partial charge on any atom is 0.119 e. The largest absolute Gasteiger partial charge is 0.311 e. The Labute approximate surface area is 172 Å². The van der Waals surface area contributed by atoms with E-state index >= 15 is 0 Å². The molecule has 7 nitrogen and oxygen atoms in total. The second kappa shape index (κ2) is 6.96. The van der Waals surface area contributed by atoms with Gasteiger partial charge < -0.3 is 5.32 Å². The lowest BCUT2D eigenvalue weighted by Gasteiger charge is -2.28. The van der Waals surface area contributed by atoms with Crippen LogP contribution in [0.25, 0.3) is 33.3 Å². The lowest BCUT2D eigenvalue weighted by Crippen LogP contribution is -2.39. The molecule has 0 radical (unpaired) electrons. The number of hydrogen-bond acceptors (Lipinski definition) is 6. The van der Waals surface area contributed by atoms with Gasteiger partial charge in [-0.3, -0.25) is 10.2 Å². The molecule has 3 aromatic heterocycles. The zero-order valence-electron chi connectivity index (χ0n) is 15.8. The smallest absolute Gasteiger partial charge is 0.119 e. The van der Waals surface area contributed by atoms with Crippen molar-refractivity contribution in [3.05, 3.63) is 42.9 Å². The quantitative estimate of drug-likeness (QED) is 0.480. The van der Waals surface area contributed by atoms with Gasteiger partial charge in [-0.2, -0.15) is 10.2 Å². The van der Waals surface area contributed by atoms with Crippen LogP contribution in [-0.4, -0.2) is 47.9 Å². The van der Waals surface area contributed by atoms with Gasteiger partial charge in [-0.15, -0.1) is 22.0 Å². The van der Waals surface area contributed by atoms with E-state index in [1.807, 2.05) is 30.4 Å². The Bertz CT molecular complexity index is 1120. The van der Waals surface area contributed by atoms with Crippen molar-refractivity contribution in [2.75, 3.05) is 0 Å². The summed E-state index contributed by atoms with van der Waals surface area (Å²) in [5.74, 6) is 0. The predicted octanol–water partition coefficient (Wildman–Crippen LogP) is 3.79. The van der Waals surface area contributed by atoms with Crippen molar-refractivity contribution in [3.63, 3.8) is 0 Å². The number of H-pyrrole nitrogens is 2. The second-order valence-corrected chi connectivity index (χ2v) is 9.23. The van der Waals surface area contributed by atoms with Crippen LogP contribution in [0.5, 0.6) is 0 Å². The number of fused-ring (bicyclic) bond motifs is 3. The van der Waals surface area contributed by atoms with Gasteiger partial charge in [-0.05, 0) is 49.4 Å². The first-order chi connectivity index (χ1) is 14.3. The molecule has 2 atom stereocenters. The van der Waals surface area contributed by atoms with Crippen molar-refractivity contribution >= 4 is 22.7 Å². The molecule has 8 heteroatoms. The topological polar surface area (TPSA) is 95.2 Å². The van der Waals surface area contributed by atoms with Gasteiger partial charge in [0.15, 0.2) is 0 Å². The molecular formula is C21H21N7S. The van der Waals surface area contributed by atoms with E-state index in [9.17, 15) is 0 Å². The molecule has 29 heavy (non-hydrogen) atoms. The van der Waals surface area contributed by atoms with Gasteiger partial charge in [0.05, 0.1) is 23.6 Å². The Hall–Kier alpha value is -2.71. The molecule has 6 rings (SSSR count). The first kappa shape index (κ1) is 17.2. The lowest BCUT2D eigenvalue weighted by atomic mass is 10.0. The summed E-state index contributed by atoms with van der Waals surface area (Å²) in [5.41, 5.74) is 4.96. The number of hydrogen-bond donors (Lipinski definition) is 3. The first-order valence-corrected chi connectivity index (χ1v) is 10.9. The van der Waals surface area contributed by atoms with Crippen LogP contribution in [0, 0.1) is 0 Å². The zero-order chi connectivity index (χ0) is 19.2. The number of thioether (sulfide) groups is 1. The SMILES string of the molecule is c1n[nH]cc1-c1ccc(-c2ccc(SC3CC4CCC(C3)N4)nn2)c2[nH]ncc12. The van der Waals surface area contributed by atoms with Crippen LogP contribution >= 0.6 is 11.8 Å². The maximum absolute atomic E-state index is 4.54. The Morgan fingerprint density at radius 1 is 0.897 bits per heavy atom. The summed E-state index contributed by atoms with van der Waals surface area (Å²) < 4.78 is 0. The highest BCUT2D eigenvalue weighted by Gasteiger charge is 2.34. The molecule has 2 saturated heterocycles. The highest BCUT2D eigenvalue weighted by Crippen LogP contribution is 2.37. The normalized spacial score (nSPS) is 23.7. The Morgan fingerprint density at radius 3 is 2.52 bits per heavy atom. The van der Waals surface area contributed by atoms with Crippen molar-refractivity contribution in [1.29, 1.82) is 0 Å². The van der Waals surface area contributed by atoms with Gasteiger partial charge in [0.1, 0.15) is 5.03 Å². The average molecular weight is 404 g/mol. The predicted molar refractivity (Wildman–Crippen MR) is 114 cm³/mol. The van der Waals surface area contributed by atoms with E-state index in [1.165, 1.54) is 25.7 Å². The third-order valence-electron chi connectivity index (χ3n) is 6.06. The van der Waals surface area contributed by atoms with Gasteiger partial charge in [0, 0.05) is 40.0 Å². The third-order valence-corrected chi connectivity index (χ3v) is 7.24. The minimum absolute atomic E-state index is 0.641. The van der Waals surface area contributed by atoms with E-state index in [0.29, 0.717) is 17.3 Å². The number of nitrogens with zero attached hydrogens (tertiary/aromatic N) is 4. The number of aromatic nitrogens is 6. The van der Waals surface area contributed by atoms with Crippen LogP contribution in [0.1, 0.15) is 25.7 Å². The molecule has 3 N–H and O–H groups in total. The van der Waals surface area contributed by atoms with Crippen molar-refractivity contribution < 1.29 is 0 Å². The molecule has 5 heterocycles. The van der Waals surface area contributed by atoms with E-state index in [0.717, 1.165) is 38.3 Å². The summed E-state index contributed by atoms with van der Waals surface area (Å²) in [7, 11) is 0. The van der Waals surface area contributed by atoms with Crippen LogP contribution in [0.4, 0.5) is 0 Å². The number of piperidine rings is 1. The fourth-order valence-corrected chi connectivity index (χ4v) is 5.93. The van der Waals surface area contributed by atoms with Crippen LogP contribution in [0.3, 0.4) is 0 Å². The van der Waals surface area contributed by atoms with Crippen LogP contribution in [0.15, 0.2) is 47.9 Å². The molecular weight excluding hydrogens is 382 g/mol. The van der Waals surface area contributed by atoms with E-state index in [1.54, 1.807) is 0 Å². The summed E-state index contributed by atoms with van der Waals surface area (Å²) in [5, 5.41) is 29.8. The Morgan fingerprint density at radius 2 is 1.76 bits per heavy atom. The van der Waals surface area contributed by atoms with Gasteiger partial charge in [-0.1, -0.05) is 6.07 Å². The first-order valence-electron chi connectivity index (χ1n) is 10.1. The monoisotopic (exact) mass is 403 g/mol. The standard InChI is InChI=1S/C21H21N7S/c1-2-14-8-15(7-13(1)25-14)29-20-6-5-19(26-27-20)17-4-3-16(12-9-22-23-10-12)18-11-24-28-21(17)18/h3-6,9-11,13-15,25H,1-2,7-8H2,(H,22,23)(H,24,28). The Balaban J connectivity index is 1.27. The van der Waals surface area contributed by atoms with Crippen LogP contribution in [0.2, 0.25) is 0 Å². The number of nitrogens with one attached hydrogen (secondary N) is 3. The zero-order valence-corrected chi connectivity index (χ0v) is 16.6. The highest BCUT2D eigenvalue weighted by molar-refractivity contribution is 7.99. The molecule has 4 aromatic rings. The van der Waals surface area contributed by atoms with Gasteiger partial charge in [0.25, 0.3) is 0 Å².